The van der Waals surface area contributed by atoms with Crippen molar-refractivity contribution >= 4 is 5.78 Å². The first kappa shape index (κ1) is 9.84. The number of hydrogen-bond acceptors (Lipinski definition) is 1. The lowest BCUT2D eigenvalue weighted by molar-refractivity contribution is 0.103. The van der Waals surface area contributed by atoms with E-state index >= 15 is 0 Å². The first-order valence-electron chi connectivity index (χ1n) is 6.28. The van der Waals surface area contributed by atoms with Gasteiger partial charge >= 0.3 is 0 Å². The molecule has 1 unspecified atom stereocenters. The topological polar surface area (TPSA) is 17.1 Å². The summed E-state index contributed by atoms with van der Waals surface area (Å²) in [5.74, 6) is 0.438. The minimum atomic E-state index is 0.175. The number of carbonyl (C=O) groups is 1. The van der Waals surface area contributed by atoms with E-state index in [1.54, 1.807) is 0 Å². The molecule has 0 saturated carbocycles. The minimum Gasteiger partial charge on any atom is -0.289 e. The first-order chi connectivity index (χ1) is 8.86. The Morgan fingerprint density at radius 3 is 2.72 bits per heavy atom. The number of rotatable bonds is 0. The smallest absolute Gasteiger partial charge is 0.193 e. The number of hydrogen-bond donors (Lipinski definition) is 0. The monoisotopic (exact) mass is 232 g/mol. The van der Waals surface area contributed by atoms with Crippen LogP contribution in [0.25, 0.3) is 0 Å². The van der Waals surface area contributed by atoms with Crippen LogP contribution in [0.1, 0.15) is 38.5 Å². The van der Waals surface area contributed by atoms with Gasteiger partial charge in [-0.3, -0.25) is 4.79 Å². The first-order valence-corrected chi connectivity index (χ1v) is 6.28. The van der Waals surface area contributed by atoms with Gasteiger partial charge in [0.15, 0.2) is 5.78 Å². The second-order valence-electron chi connectivity index (χ2n) is 4.90. The molecular weight excluding hydrogens is 220 g/mol. The lowest BCUT2D eigenvalue weighted by Gasteiger charge is -2.29. The predicted octanol–water partition coefficient (Wildman–Crippen LogP) is 3.48. The third-order valence-corrected chi connectivity index (χ3v) is 3.96. The summed E-state index contributed by atoms with van der Waals surface area (Å²) in [6, 6.07) is 14.1. The number of allylic oxidation sites excluding steroid dienone is 2. The van der Waals surface area contributed by atoms with Crippen LogP contribution in [0.5, 0.6) is 0 Å². The van der Waals surface area contributed by atoms with E-state index in [0.29, 0.717) is 0 Å². The van der Waals surface area contributed by atoms with E-state index in [2.05, 4.69) is 24.3 Å². The van der Waals surface area contributed by atoms with Crippen LogP contribution in [-0.4, -0.2) is 5.78 Å². The van der Waals surface area contributed by atoms with Crippen LogP contribution >= 0.6 is 0 Å². The van der Waals surface area contributed by atoms with Crippen molar-refractivity contribution in [3.05, 3.63) is 82.4 Å². The minimum absolute atomic E-state index is 0.175. The summed E-state index contributed by atoms with van der Waals surface area (Å²) in [5, 5.41) is 0. The lowest BCUT2D eigenvalue weighted by Crippen LogP contribution is -2.21. The summed E-state index contributed by atoms with van der Waals surface area (Å²) in [5.41, 5.74) is 5.42. The van der Waals surface area contributed by atoms with Crippen molar-refractivity contribution in [3.63, 3.8) is 0 Å². The molecule has 0 aliphatic heterocycles. The fourth-order valence-corrected chi connectivity index (χ4v) is 3.16. The molecule has 2 aromatic carbocycles. The molecule has 0 amide bonds. The summed E-state index contributed by atoms with van der Waals surface area (Å²) in [6.45, 7) is 0. The average Bonchev–Trinajstić information content (AvgIpc) is 2.44. The van der Waals surface area contributed by atoms with Crippen molar-refractivity contribution < 1.29 is 4.79 Å². The van der Waals surface area contributed by atoms with Crippen molar-refractivity contribution in [1.82, 2.24) is 0 Å². The Morgan fingerprint density at radius 2 is 1.78 bits per heavy atom. The van der Waals surface area contributed by atoms with E-state index < -0.39 is 0 Å². The van der Waals surface area contributed by atoms with Crippen LogP contribution in [-0.2, 0) is 6.42 Å². The molecule has 2 aliphatic carbocycles. The summed E-state index contributed by atoms with van der Waals surface area (Å²) in [4.78, 5) is 12.5. The van der Waals surface area contributed by atoms with Gasteiger partial charge in [0.1, 0.15) is 0 Å². The van der Waals surface area contributed by atoms with Crippen LogP contribution in [0.2, 0.25) is 0 Å². The molecule has 4 rings (SSSR count). The van der Waals surface area contributed by atoms with Gasteiger partial charge in [0.05, 0.1) is 0 Å². The van der Waals surface area contributed by atoms with Gasteiger partial charge in [0.25, 0.3) is 0 Å². The van der Waals surface area contributed by atoms with Gasteiger partial charge in [-0.05, 0) is 23.1 Å². The highest BCUT2D eigenvalue weighted by atomic mass is 16.1. The third kappa shape index (κ3) is 1.14. The Morgan fingerprint density at radius 1 is 0.944 bits per heavy atom. The maximum absolute atomic E-state index is 12.5. The zero-order chi connectivity index (χ0) is 12.1. The highest BCUT2D eigenvalue weighted by Crippen LogP contribution is 2.41. The Balaban J connectivity index is 2.10. The highest BCUT2D eigenvalue weighted by Gasteiger charge is 2.31. The molecule has 2 aliphatic rings. The van der Waals surface area contributed by atoms with E-state index in [0.717, 1.165) is 23.1 Å². The molecule has 1 nitrogen and oxygen atoms in total. The fraction of sp³-hybridized carbons (Fsp3) is 0.118. The van der Waals surface area contributed by atoms with Crippen molar-refractivity contribution in [1.29, 1.82) is 0 Å². The molecule has 0 radical (unpaired) electrons. The molecule has 1 heteroatoms. The van der Waals surface area contributed by atoms with Crippen LogP contribution in [0.3, 0.4) is 0 Å². The third-order valence-electron chi connectivity index (χ3n) is 3.96. The molecule has 0 spiro atoms. The van der Waals surface area contributed by atoms with E-state index in [9.17, 15) is 4.79 Å². The van der Waals surface area contributed by atoms with Crippen molar-refractivity contribution in [2.75, 3.05) is 0 Å². The fourth-order valence-electron chi connectivity index (χ4n) is 3.16. The van der Waals surface area contributed by atoms with E-state index in [1.807, 2.05) is 30.3 Å². The van der Waals surface area contributed by atoms with Crippen molar-refractivity contribution in [2.24, 2.45) is 0 Å². The van der Waals surface area contributed by atoms with E-state index in [-0.39, 0.29) is 11.7 Å². The van der Waals surface area contributed by atoms with E-state index in [1.165, 1.54) is 11.1 Å². The SMILES string of the molecule is O=C1c2ccccc2C2C=CCc3cccc1c32. The standard InChI is InChI=1S/C17H12O/c18-17-14-8-2-1-7-12(14)13-9-3-5-11-6-4-10-15(17)16(11)13/h1-4,6-10,13H,5H2. The van der Waals surface area contributed by atoms with Gasteiger partial charge in [0.2, 0.25) is 0 Å². The summed E-state index contributed by atoms with van der Waals surface area (Å²) < 4.78 is 0. The zero-order valence-corrected chi connectivity index (χ0v) is 9.89. The molecule has 18 heavy (non-hydrogen) atoms. The molecule has 0 bridgehead atoms. The van der Waals surface area contributed by atoms with Crippen LogP contribution < -0.4 is 0 Å². The number of carbonyl (C=O) groups excluding carboxylic acids is 1. The van der Waals surface area contributed by atoms with Gasteiger partial charge in [0, 0.05) is 17.0 Å². The Kier molecular flexibility index (Phi) is 1.87. The summed E-state index contributed by atoms with van der Waals surface area (Å²) in [6.07, 6.45) is 5.38. The maximum atomic E-state index is 12.5. The van der Waals surface area contributed by atoms with Crippen LogP contribution in [0.4, 0.5) is 0 Å². The maximum Gasteiger partial charge on any atom is 0.193 e. The van der Waals surface area contributed by atoms with Gasteiger partial charge < -0.3 is 0 Å². The van der Waals surface area contributed by atoms with Gasteiger partial charge in [-0.25, -0.2) is 0 Å². The zero-order valence-electron chi connectivity index (χ0n) is 9.89. The molecule has 0 N–H and O–H groups in total. The normalized spacial score (nSPS) is 19.3. The van der Waals surface area contributed by atoms with Gasteiger partial charge in [-0.15, -0.1) is 0 Å². The van der Waals surface area contributed by atoms with Gasteiger partial charge in [-0.2, -0.15) is 0 Å². The second kappa shape index (κ2) is 3.42. The average molecular weight is 232 g/mol. The largest absolute Gasteiger partial charge is 0.289 e. The quantitative estimate of drug-likeness (QED) is 0.635. The number of fused-ring (bicyclic) bond motifs is 2. The Bertz CT molecular complexity index is 695. The molecule has 0 heterocycles. The van der Waals surface area contributed by atoms with Crippen LogP contribution in [0.15, 0.2) is 54.6 Å². The summed E-state index contributed by atoms with van der Waals surface area (Å²) in [7, 11) is 0. The highest BCUT2D eigenvalue weighted by molar-refractivity contribution is 6.13. The molecular formula is C17H12O. The molecule has 0 fully saturated rings. The molecule has 0 aromatic heterocycles. The number of benzene rings is 2. The lowest BCUT2D eigenvalue weighted by atomic mass is 9.73. The molecule has 0 saturated heterocycles. The van der Waals surface area contributed by atoms with Crippen molar-refractivity contribution in [2.45, 2.75) is 12.3 Å². The second-order valence-corrected chi connectivity index (χ2v) is 4.90. The summed E-state index contributed by atoms with van der Waals surface area (Å²) >= 11 is 0. The molecule has 1 atom stereocenters. The predicted molar refractivity (Wildman–Crippen MR) is 71.0 cm³/mol. The van der Waals surface area contributed by atoms with E-state index in [4.69, 9.17) is 0 Å². The molecule has 86 valence electrons. The van der Waals surface area contributed by atoms with Gasteiger partial charge in [-0.1, -0.05) is 54.6 Å². The van der Waals surface area contributed by atoms with Crippen molar-refractivity contribution in [3.8, 4) is 0 Å². The molecule has 2 aromatic rings. The Hall–Kier alpha value is -2.15. The Labute approximate surface area is 106 Å². The van der Waals surface area contributed by atoms with Crippen LogP contribution in [0, 0.1) is 0 Å². The number of ketones is 1.